The molecule has 0 aliphatic heterocycles. The zero-order valence-electron chi connectivity index (χ0n) is 17.7. The number of nitrogens with one attached hydrogen (secondary N) is 2. The molecule has 2 aromatic heterocycles. The van der Waals surface area contributed by atoms with E-state index in [1.54, 1.807) is 12.5 Å². The molecule has 2 heterocycles. The Balaban J connectivity index is 1.57. The maximum atomic E-state index is 12.3. The summed E-state index contributed by atoms with van der Waals surface area (Å²) in [6, 6.07) is 7.83. The maximum Gasteiger partial charge on any atom is 0.263 e. The summed E-state index contributed by atoms with van der Waals surface area (Å²) in [7, 11) is 0. The van der Waals surface area contributed by atoms with Crippen molar-refractivity contribution in [2.75, 3.05) is 6.54 Å². The molecule has 3 rings (SSSR count). The lowest BCUT2D eigenvalue weighted by molar-refractivity contribution is 0.0946. The molecule has 1 amide bonds. The molecule has 0 saturated carbocycles. The molecular formula is C22H27N5O3. The van der Waals surface area contributed by atoms with E-state index in [9.17, 15) is 9.59 Å². The van der Waals surface area contributed by atoms with Gasteiger partial charge in [-0.05, 0) is 30.0 Å². The van der Waals surface area contributed by atoms with Gasteiger partial charge in [-0.25, -0.2) is 9.97 Å². The van der Waals surface area contributed by atoms with E-state index in [2.05, 4.69) is 41.0 Å². The van der Waals surface area contributed by atoms with Crippen LogP contribution in [0.2, 0.25) is 0 Å². The molecule has 2 N–H and O–H groups in total. The fourth-order valence-corrected chi connectivity index (χ4v) is 2.84. The Morgan fingerprint density at radius 3 is 2.60 bits per heavy atom. The van der Waals surface area contributed by atoms with Gasteiger partial charge in [0, 0.05) is 31.2 Å². The number of aromatic nitrogens is 4. The molecule has 8 nitrogen and oxygen atoms in total. The molecule has 0 radical (unpaired) electrons. The molecule has 0 aliphatic carbocycles. The van der Waals surface area contributed by atoms with Crippen molar-refractivity contribution in [2.24, 2.45) is 0 Å². The van der Waals surface area contributed by atoms with Crippen LogP contribution in [-0.4, -0.2) is 32.0 Å². The van der Waals surface area contributed by atoms with E-state index >= 15 is 0 Å². The third kappa shape index (κ3) is 5.34. The Morgan fingerprint density at radius 1 is 1.27 bits per heavy atom. The molecule has 0 fully saturated rings. The highest BCUT2D eigenvalue weighted by Crippen LogP contribution is 2.24. The van der Waals surface area contributed by atoms with Crippen molar-refractivity contribution in [1.82, 2.24) is 24.8 Å². The largest absolute Gasteiger partial charge is 0.486 e. The third-order valence-corrected chi connectivity index (χ3v) is 4.78. The smallest absolute Gasteiger partial charge is 0.263 e. The number of ether oxygens (including phenoxy) is 1. The first-order chi connectivity index (χ1) is 14.2. The van der Waals surface area contributed by atoms with Crippen molar-refractivity contribution in [2.45, 2.75) is 45.8 Å². The first-order valence-corrected chi connectivity index (χ1v) is 9.81. The van der Waals surface area contributed by atoms with Crippen LogP contribution in [-0.2, 0) is 12.0 Å². The number of imidazole rings is 1. The van der Waals surface area contributed by atoms with Crippen LogP contribution in [0, 0.1) is 0 Å². The number of H-pyrrole nitrogens is 1. The van der Waals surface area contributed by atoms with Crippen LogP contribution in [0.5, 0.6) is 5.75 Å². The lowest BCUT2D eigenvalue weighted by atomic mass is 9.87. The number of aromatic amines is 1. The fourth-order valence-electron chi connectivity index (χ4n) is 2.84. The second kappa shape index (κ2) is 8.94. The minimum atomic E-state index is -0.500. The molecule has 1 atom stereocenters. The second-order valence-corrected chi connectivity index (χ2v) is 8.20. The van der Waals surface area contributed by atoms with Gasteiger partial charge in [0.25, 0.3) is 11.5 Å². The van der Waals surface area contributed by atoms with E-state index in [1.807, 2.05) is 42.0 Å². The lowest BCUT2D eigenvalue weighted by Crippen LogP contribution is -2.33. The quantitative estimate of drug-likeness (QED) is 0.625. The lowest BCUT2D eigenvalue weighted by Gasteiger charge is -2.19. The summed E-state index contributed by atoms with van der Waals surface area (Å²) in [4.78, 5) is 35.4. The van der Waals surface area contributed by atoms with Crippen LogP contribution < -0.4 is 15.6 Å². The van der Waals surface area contributed by atoms with E-state index in [0.29, 0.717) is 18.1 Å². The second-order valence-electron chi connectivity index (χ2n) is 8.20. The van der Waals surface area contributed by atoms with Gasteiger partial charge in [0.2, 0.25) is 0 Å². The fraction of sp³-hybridized carbons (Fsp3) is 0.364. The van der Waals surface area contributed by atoms with Crippen LogP contribution in [0.3, 0.4) is 0 Å². The van der Waals surface area contributed by atoms with Crippen LogP contribution >= 0.6 is 0 Å². The van der Waals surface area contributed by atoms with E-state index in [-0.39, 0.29) is 23.6 Å². The Kier molecular flexibility index (Phi) is 6.34. The number of hydrogen-bond donors (Lipinski definition) is 2. The van der Waals surface area contributed by atoms with Crippen molar-refractivity contribution in [3.05, 3.63) is 76.5 Å². The van der Waals surface area contributed by atoms with E-state index < -0.39 is 11.5 Å². The van der Waals surface area contributed by atoms with E-state index in [1.165, 1.54) is 11.8 Å². The van der Waals surface area contributed by atoms with Gasteiger partial charge in [-0.1, -0.05) is 32.9 Å². The first kappa shape index (κ1) is 21.3. The number of nitrogens with zero attached hydrogens (tertiary/aromatic N) is 3. The normalized spacial score (nSPS) is 12.4. The predicted molar refractivity (Wildman–Crippen MR) is 114 cm³/mol. The van der Waals surface area contributed by atoms with Gasteiger partial charge in [-0.3, -0.25) is 9.59 Å². The summed E-state index contributed by atoms with van der Waals surface area (Å²) < 4.78 is 7.57. The number of amides is 1. The Morgan fingerprint density at radius 2 is 2.00 bits per heavy atom. The summed E-state index contributed by atoms with van der Waals surface area (Å²) in [5.74, 6) is 0.560. The van der Waals surface area contributed by atoms with Crippen molar-refractivity contribution >= 4 is 5.91 Å². The van der Waals surface area contributed by atoms with Crippen LogP contribution in [0.15, 0.2) is 54.0 Å². The Hall–Kier alpha value is -3.42. The molecule has 158 valence electrons. The molecule has 0 aliphatic rings. The number of benzene rings is 1. The molecule has 0 spiro atoms. The average Bonchev–Trinajstić information content (AvgIpc) is 3.25. The van der Waals surface area contributed by atoms with Crippen molar-refractivity contribution in [3.8, 4) is 5.75 Å². The number of carbonyl (C=O) groups excluding carboxylic acids is 1. The number of hydrogen-bond acceptors (Lipinski definition) is 5. The van der Waals surface area contributed by atoms with Gasteiger partial charge in [0.1, 0.15) is 23.7 Å². The number of rotatable bonds is 7. The first-order valence-electron chi connectivity index (χ1n) is 9.81. The summed E-state index contributed by atoms with van der Waals surface area (Å²) >= 11 is 0. The summed E-state index contributed by atoms with van der Waals surface area (Å²) in [5, 5.41) is 2.74. The SMILES string of the molecule is CC(CNC(=O)c1cnc(COc2ccc(C(C)(C)C)cc2)[nH]c1=O)n1ccnc1. The zero-order valence-corrected chi connectivity index (χ0v) is 17.7. The Labute approximate surface area is 175 Å². The highest BCUT2D eigenvalue weighted by atomic mass is 16.5. The molecule has 3 aromatic rings. The molecule has 30 heavy (non-hydrogen) atoms. The predicted octanol–water partition coefficient (Wildman–Crippen LogP) is 2.83. The highest BCUT2D eigenvalue weighted by Gasteiger charge is 2.15. The molecule has 1 unspecified atom stereocenters. The summed E-state index contributed by atoms with van der Waals surface area (Å²) in [6.07, 6.45) is 6.44. The van der Waals surface area contributed by atoms with Gasteiger partial charge in [-0.2, -0.15) is 0 Å². The van der Waals surface area contributed by atoms with Gasteiger partial charge in [-0.15, -0.1) is 0 Å². The van der Waals surface area contributed by atoms with Crippen LogP contribution in [0.4, 0.5) is 0 Å². The number of carbonyl (C=O) groups is 1. The van der Waals surface area contributed by atoms with Crippen molar-refractivity contribution in [3.63, 3.8) is 0 Å². The van der Waals surface area contributed by atoms with Gasteiger partial charge >= 0.3 is 0 Å². The molecule has 0 bridgehead atoms. The van der Waals surface area contributed by atoms with Crippen LogP contribution in [0.1, 0.15) is 55.5 Å². The van der Waals surface area contributed by atoms with E-state index in [4.69, 9.17) is 4.74 Å². The van der Waals surface area contributed by atoms with Crippen LogP contribution in [0.25, 0.3) is 0 Å². The van der Waals surface area contributed by atoms with Gasteiger partial charge in [0.05, 0.1) is 6.33 Å². The van der Waals surface area contributed by atoms with E-state index in [0.717, 1.165) is 0 Å². The minimum absolute atomic E-state index is 0.0147. The standard InChI is InChI=1S/C22H27N5O3/c1-15(27-10-9-23-14-27)11-25-20(28)18-12-24-19(26-21(18)29)13-30-17-7-5-16(6-8-17)22(2,3)4/h5-10,12,14-15H,11,13H2,1-4H3,(H,25,28)(H,24,26,29). The monoisotopic (exact) mass is 409 g/mol. The zero-order chi connectivity index (χ0) is 21.7. The molecule has 0 saturated heterocycles. The topological polar surface area (TPSA) is 102 Å². The van der Waals surface area contributed by atoms with Crippen molar-refractivity contribution < 1.29 is 9.53 Å². The maximum absolute atomic E-state index is 12.3. The third-order valence-electron chi connectivity index (χ3n) is 4.78. The summed E-state index contributed by atoms with van der Waals surface area (Å²) in [5.41, 5.74) is 0.739. The Bertz CT molecular complexity index is 1030. The molecular weight excluding hydrogens is 382 g/mol. The molecule has 1 aromatic carbocycles. The minimum Gasteiger partial charge on any atom is -0.486 e. The highest BCUT2D eigenvalue weighted by molar-refractivity contribution is 5.93. The summed E-state index contributed by atoms with van der Waals surface area (Å²) in [6.45, 7) is 8.85. The van der Waals surface area contributed by atoms with Gasteiger partial charge in [0.15, 0.2) is 0 Å². The molecule has 8 heteroatoms. The van der Waals surface area contributed by atoms with Gasteiger partial charge < -0.3 is 19.6 Å². The van der Waals surface area contributed by atoms with Crippen molar-refractivity contribution in [1.29, 1.82) is 0 Å². The average molecular weight is 409 g/mol.